The standard InChI is InChI=1S/C13H17ClN2O2.ClH/c1-9(13(17)16(2)11-7-15-8-11)18-12-5-3-4-10(14)6-12;/h3-6,9,11,15H,7-8H2,1-2H3;1H. The third-order valence-electron chi connectivity index (χ3n) is 3.11. The van der Waals surface area contributed by atoms with Crippen LogP contribution >= 0.6 is 24.0 Å². The van der Waals surface area contributed by atoms with Crippen molar-refractivity contribution in [1.29, 1.82) is 0 Å². The number of amides is 1. The van der Waals surface area contributed by atoms with Crippen LogP contribution in [0.15, 0.2) is 24.3 Å². The summed E-state index contributed by atoms with van der Waals surface area (Å²) in [4.78, 5) is 13.8. The van der Waals surface area contributed by atoms with Crippen LogP contribution in [0.25, 0.3) is 0 Å². The topological polar surface area (TPSA) is 41.6 Å². The predicted octanol–water partition coefficient (Wildman–Crippen LogP) is 1.96. The molecular formula is C13H18Cl2N2O2. The molecular weight excluding hydrogens is 287 g/mol. The van der Waals surface area contributed by atoms with Crippen molar-refractivity contribution in [2.45, 2.75) is 19.1 Å². The Hall–Kier alpha value is -0.970. The van der Waals surface area contributed by atoms with Crippen LogP contribution in [0.5, 0.6) is 5.75 Å². The van der Waals surface area contributed by atoms with Gasteiger partial charge in [0.2, 0.25) is 0 Å². The van der Waals surface area contributed by atoms with E-state index in [1.807, 2.05) is 7.05 Å². The lowest BCUT2D eigenvalue weighted by atomic mass is 10.1. The first-order valence-electron chi connectivity index (χ1n) is 5.97. The normalized spacial score (nSPS) is 15.9. The Morgan fingerprint density at radius 3 is 2.74 bits per heavy atom. The number of likely N-dealkylation sites (N-methyl/N-ethyl adjacent to an activating group) is 1. The molecule has 1 aromatic carbocycles. The van der Waals surface area contributed by atoms with Gasteiger partial charge in [-0.3, -0.25) is 4.79 Å². The highest BCUT2D eigenvalue weighted by molar-refractivity contribution is 6.30. The van der Waals surface area contributed by atoms with Crippen molar-refractivity contribution >= 4 is 29.9 Å². The number of rotatable bonds is 4. The summed E-state index contributed by atoms with van der Waals surface area (Å²) in [6.07, 6.45) is -0.505. The molecule has 1 amide bonds. The molecule has 1 fully saturated rings. The third kappa shape index (κ3) is 4.00. The quantitative estimate of drug-likeness (QED) is 0.924. The van der Waals surface area contributed by atoms with Gasteiger partial charge in [0.25, 0.3) is 5.91 Å². The Kier molecular flexibility index (Phi) is 5.91. The molecule has 106 valence electrons. The molecule has 0 aromatic heterocycles. The summed E-state index contributed by atoms with van der Waals surface area (Å²) in [5.74, 6) is 0.602. The highest BCUT2D eigenvalue weighted by Gasteiger charge is 2.28. The molecule has 1 aliphatic rings. The van der Waals surface area contributed by atoms with Gasteiger partial charge in [0, 0.05) is 25.2 Å². The zero-order valence-electron chi connectivity index (χ0n) is 10.9. The minimum absolute atomic E-state index is 0. The summed E-state index contributed by atoms with van der Waals surface area (Å²) >= 11 is 5.87. The van der Waals surface area contributed by atoms with E-state index in [0.29, 0.717) is 10.8 Å². The molecule has 2 rings (SSSR count). The van der Waals surface area contributed by atoms with Gasteiger partial charge in [-0.1, -0.05) is 17.7 Å². The van der Waals surface area contributed by atoms with Crippen molar-refractivity contribution in [2.24, 2.45) is 0 Å². The Bertz CT molecular complexity index is 438. The molecule has 0 bridgehead atoms. The van der Waals surface area contributed by atoms with Crippen molar-refractivity contribution in [3.8, 4) is 5.75 Å². The van der Waals surface area contributed by atoms with Crippen LogP contribution in [-0.4, -0.2) is 43.1 Å². The van der Waals surface area contributed by atoms with E-state index < -0.39 is 6.10 Å². The second-order valence-electron chi connectivity index (χ2n) is 4.48. The van der Waals surface area contributed by atoms with Gasteiger partial charge in [0.1, 0.15) is 5.75 Å². The number of nitrogens with one attached hydrogen (secondary N) is 1. The number of benzene rings is 1. The van der Waals surface area contributed by atoms with E-state index in [1.165, 1.54) is 0 Å². The fourth-order valence-electron chi connectivity index (χ4n) is 1.81. The summed E-state index contributed by atoms with van der Waals surface area (Å²) in [6.45, 7) is 3.46. The molecule has 19 heavy (non-hydrogen) atoms. The largest absolute Gasteiger partial charge is 0.481 e. The highest BCUT2D eigenvalue weighted by Crippen LogP contribution is 2.19. The monoisotopic (exact) mass is 304 g/mol. The Balaban J connectivity index is 0.00000180. The van der Waals surface area contributed by atoms with Crippen LogP contribution in [-0.2, 0) is 4.79 Å². The molecule has 1 saturated heterocycles. The van der Waals surface area contributed by atoms with Crippen molar-refractivity contribution in [1.82, 2.24) is 10.2 Å². The molecule has 1 unspecified atom stereocenters. The van der Waals surface area contributed by atoms with Gasteiger partial charge in [-0.25, -0.2) is 0 Å². The summed E-state index contributed by atoms with van der Waals surface area (Å²) in [7, 11) is 1.81. The number of hydrogen-bond acceptors (Lipinski definition) is 3. The lowest BCUT2D eigenvalue weighted by Crippen LogP contribution is -2.59. The first-order chi connectivity index (χ1) is 8.58. The molecule has 1 N–H and O–H groups in total. The van der Waals surface area contributed by atoms with Crippen LogP contribution in [0.4, 0.5) is 0 Å². The summed E-state index contributed by atoms with van der Waals surface area (Å²) < 4.78 is 5.60. The van der Waals surface area contributed by atoms with Crippen LogP contribution in [0.3, 0.4) is 0 Å². The number of carbonyl (C=O) groups excluding carboxylic acids is 1. The van der Waals surface area contributed by atoms with Crippen LogP contribution in [0.2, 0.25) is 5.02 Å². The molecule has 4 nitrogen and oxygen atoms in total. The van der Waals surface area contributed by atoms with Crippen molar-refractivity contribution in [3.63, 3.8) is 0 Å². The van der Waals surface area contributed by atoms with E-state index in [0.717, 1.165) is 13.1 Å². The maximum absolute atomic E-state index is 12.1. The molecule has 0 radical (unpaired) electrons. The maximum atomic E-state index is 12.1. The SMILES string of the molecule is CC(Oc1cccc(Cl)c1)C(=O)N(C)C1CNC1.Cl. The van der Waals surface area contributed by atoms with Gasteiger partial charge in [-0.2, -0.15) is 0 Å². The summed E-state index contributed by atoms with van der Waals surface area (Å²) in [6, 6.07) is 7.35. The van der Waals surface area contributed by atoms with Crippen LogP contribution < -0.4 is 10.1 Å². The second-order valence-corrected chi connectivity index (χ2v) is 4.92. The number of ether oxygens (including phenoxy) is 1. The average molecular weight is 305 g/mol. The minimum Gasteiger partial charge on any atom is -0.481 e. The molecule has 6 heteroatoms. The molecule has 0 spiro atoms. The van der Waals surface area contributed by atoms with E-state index in [1.54, 1.807) is 36.1 Å². The first kappa shape index (κ1) is 16.1. The van der Waals surface area contributed by atoms with Crippen LogP contribution in [0, 0.1) is 0 Å². The van der Waals surface area contributed by atoms with E-state index >= 15 is 0 Å². The number of hydrogen-bond donors (Lipinski definition) is 1. The Labute approximate surface area is 124 Å². The van der Waals surface area contributed by atoms with Gasteiger partial charge >= 0.3 is 0 Å². The van der Waals surface area contributed by atoms with E-state index in [4.69, 9.17) is 16.3 Å². The lowest BCUT2D eigenvalue weighted by Gasteiger charge is -2.36. The summed E-state index contributed by atoms with van der Waals surface area (Å²) in [5, 5.41) is 3.74. The fraction of sp³-hybridized carbons (Fsp3) is 0.462. The zero-order valence-corrected chi connectivity index (χ0v) is 12.5. The van der Waals surface area contributed by atoms with Crippen LogP contribution in [0.1, 0.15) is 6.92 Å². The fourth-order valence-corrected chi connectivity index (χ4v) is 1.99. The van der Waals surface area contributed by atoms with Gasteiger partial charge < -0.3 is 15.0 Å². The average Bonchev–Trinajstić information content (AvgIpc) is 2.25. The maximum Gasteiger partial charge on any atom is 0.263 e. The van der Waals surface area contributed by atoms with Gasteiger partial charge in [-0.15, -0.1) is 12.4 Å². The molecule has 1 aliphatic heterocycles. The predicted molar refractivity (Wildman–Crippen MR) is 78.2 cm³/mol. The summed E-state index contributed by atoms with van der Waals surface area (Å²) in [5.41, 5.74) is 0. The molecule has 1 heterocycles. The van der Waals surface area contributed by atoms with Gasteiger partial charge in [0.05, 0.1) is 6.04 Å². The molecule has 0 aliphatic carbocycles. The van der Waals surface area contributed by atoms with Crippen molar-refractivity contribution in [3.05, 3.63) is 29.3 Å². The molecule has 1 aromatic rings. The first-order valence-corrected chi connectivity index (χ1v) is 6.35. The second kappa shape index (κ2) is 6.98. The lowest BCUT2D eigenvalue weighted by molar-refractivity contribution is -0.139. The Morgan fingerprint density at radius 1 is 1.53 bits per heavy atom. The number of carbonyl (C=O) groups is 1. The number of nitrogens with zero attached hydrogens (tertiary/aromatic N) is 1. The van der Waals surface area contributed by atoms with Gasteiger partial charge in [0.15, 0.2) is 6.10 Å². The highest BCUT2D eigenvalue weighted by atomic mass is 35.5. The minimum atomic E-state index is -0.505. The molecule has 1 atom stereocenters. The van der Waals surface area contributed by atoms with Gasteiger partial charge in [-0.05, 0) is 25.1 Å². The molecule has 0 saturated carbocycles. The van der Waals surface area contributed by atoms with E-state index in [9.17, 15) is 4.79 Å². The zero-order chi connectivity index (χ0) is 13.1. The van der Waals surface area contributed by atoms with Crippen molar-refractivity contribution < 1.29 is 9.53 Å². The third-order valence-corrected chi connectivity index (χ3v) is 3.35. The van der Waals surface area contributed by atoms with Crippen molar-refractivity contribution in [2.75, 3.05) is 20.1 Å². The number of halogens is 2. The smallest absolute Gasteiger partial charge is 0.263 e. The van der Waals surface area contributed by atoms with E-state index in [-0.39, 0.29) is 24.4 Å². The van der Waals surface area contributed by atoms with E-state index in [2.05, 4.69) is 5.32 Å². The Morgan fingerprint density at radius 2 is 2.21 bits per heavy atom.